The zero-order chi connectivity index (χ0) is 17.1. The highest BCUT2D eigenvalue weighted by atomic mass is 16.5. The third-order valence-electron chi connectivity index (χ3n) is 4.22. The number of fused-ring (bicyclic) bond motifs is 1. The van der Waals surface area contributed by atoms with Crippen molar-refractivity contribution in [1.82, 2.24) is 4.98 Å². The van der Waals surface area contributed by atoms with E-state index >= 15 is 0 Å². The molecule has 1 N–H and O–H groups in total. The van der Waals surface area contributed by atoms with E-state index in [9.17, 15) is 0 Å². The minimum atomic E-state index is 0.828. The summed E-state index contributed by atoms with van der Waals surface area (Å²) in [4.78, 5) is 8.17. The maximum atomic E-state index is 5.52. The smallest absolute Gasteiger partial charge is 0.142 e. The van der Waals surface area contributed by atoms with Crippen LogP contribution in [0.4, 0.5) is 5.69 Å². The lowest BCUT2D eigenvalue weighted by molar-refractivity contribution is 0.419. The Morgan fingerprint density at radius 1 is 0.840 bits per heavy atom. The summed E-state index contributed by atoms with van der Waals surface area (Å²) in [5.74, 6) is 0.828. The van der Waals surface area contributed by atoms with Gasteiger partial charge in [-0.05, 0) is 23.8 Å². The first-order valence-corrected chi connectivity index (χ1v) is 8.20. The Balaban J connectivity index is 1.92. The van der Waals surface area contributed by atoms with Gasteiger partial charge in [0.05, 0.1) is 24.0 Å². The first kappa shape index (κ1) is 15.2. The van der Waals surface area contributed by atoms with Crippen molar-refractivity contribution in [2.45, 2.75) is 0 Å². The Kier molecular flexibility index (Phi) is 4.05. The highest BCUT2D eigenvalue weighted by Crippen LogP contribution is 2.34. The average molecular weight is 326 g/mol. The summed E-state index contributed by atoms with van der Waals surface area (Å²) >= 11 is 0. The fourth-order valence-corrected chi connectivity index (χ4v) is 3.00. The molecule has 0 bridgehead atoms. The molecule has 0 radical (unpaired) electrons. The number of hydrogen-bond acceptors (Lipinski definition) is 2. The lowest BCUT2D eigenvalue weighted by Gasteiger charge is -2.00. The highest BCUT2D eigenvalue weighted by molar-refractivity contribution is 6.08. The molecule has 4 aromatic rings. The molecule has 4 rings (SSSR count). The van der Waals surface area contributed by atoms with Gasteiger partial charge in [0.1, 0.15) is 5.75 Å². The molecule has 0 unspecified atom stereocenters. The van der Waals surface area contributed by atoms with Gasteiger partial charge in [0, 0.05) is 17.2 Å². The first-order valence-electron chi connectivity index (χ1n) is 8.20. The molecule has 0 saturated carbocycles. The number of rotatable bonds is 4. The summed E-state index contributed by atoms with van der Waals surface area (Å²) in [7, 11) is 1.69. The van der Waals surface area contributed by atoms with Crippen molar-refractivity contribution in [3.63, 3.8) is 0 Å². The second-order valence-corrected chi connectivity index (χ2v) is 5.76. The number of aromatic nitrogens is 1. The molecule has 0 spiro atoms. The number of methoxy groups -OCH3 is 1. The largest absolute Gasteiger partial charge is 0.495 e. The Labute approximate surface area is 146 Å². The molecule has 0 aliphatic carbocycles. The SMILES string of the molecule is COc1cccc2c(C=Nc3ccccc3)c(-c3ccccc3)[nH]c12. The van der Waals surface area contributed by atoms with Gasteiger partial charge in [-0.2, -0.15) is 0 Å². The van der Waals surface area contributed by atoms with E-state index in [0.29, 0.717) is 0 Å². The second kappa shape index (κ2) is 6.65. The van der Waals surface area contributed by atoms with E-state index in [0.717, 1.165) is 39.2 Å². The fourth-order valence-electron chi connectivity index (χ4n) is 3.00. The molecule has 122 valence electrons. The third kappa shape index (κ3) is 2.92. The molecule has 0 aliphatic heterocycles. The summed E-state index contributed by atoms with van der Waals surface area (Å²) in [6.45, 7) is 0. The van der Waals surface area contributed by atoms with Crippen molar-refractivity contribution >= 4 is 22.8 Å². The lowest BCUT2D eigenvalue weighted by atomic mass is 10.1. The maximum Gasteiger partial charge on any atom is 0.142 e. The van der Waals surface area contributed by atoms with E-state index in [4.69, 9.17) is 4.74 Å². The summed E-state index contributed by atoms with van der Waals surface area (Å²) in [5, 5.41) is 1.10. The molecule has 1 aromatic heterocycles. The van der Waals surface area contributed by atoms with Crippen LogP contribution in [-0.2, 0) is 0 Å². The number of nitrogens with one attached hydrogen (secondary N) is 1. The van der Waals surface area contributed by atoms with Crippen LogP contribution >= 0.6 is 0 Å². The van der Waals surface area contributed by atoms with E-state index in [-0.39, 0.29) is 0 Å². The Hall–Kier alpha value is -3.33. The van der Waals surface area contributed by atoms with Gasteiger partial charge < -0.3 is 9.72 Å². The van der Waals surface area contributed by atoms with Gasteiger partial charge in [0.2, 0.25) is 0 Å². The predicted molar refractivity (Wildman–Crippen MR) is 104 cm³/mol. The molecule has 3 nitrogen and oxygen atoms in total. The highest BCUT2D eigenvalue weighted by Gasteiger charge is 2.14. The van der Waals surface area contributed by atoms with Crippen molar-refractivity contribution in [2.75, 3.05) is 7.11 Å². The van der Waals surface area contributed by atoms with Gasteiger partial charge >= 0.3 is 0 Å². The van der Waals surface area contributed by atoms with E-state index in [1.165, 1.54) is 0 Å². The van der Waals surface area contributed by atoms with Crippen molar-refractivity contribution in [3.8, 4) is 17.0 Å². The molecule has 1 heterocycles. The third-order valence-corrected chi connectivity index (χ3v) is 4.22. The van der Waals surface area contributed by atoms with Crippen molar-refractivity contribution in [2.24, 2.45) is 4.99 Å². The molecule has 0 saturated heterocycles. The monoisotopic (exact) mass is 326 g/mol. The van der Waals surface area contributed by atoms with Gasteiger partial charge in [-0.3, -0.25) is 4.99 Å². The normalized spacial score (nSPS) is 11.2. The number of aliphatic imine (C=N–C) groups is 1. The van der Waals surface area contributed by atoms with Crippen LogP contribution in [0.2, 0.25) is 0 Å². The van der Waals surface area contributed by atoms with Gasteiger partial charge in [-0.1, -0.05) is 60.7 Å². The summed E-state index contributed by atoms with van der Waals surface area (Å²) in [5.41, 5.74) is 5.14. The van der Waals surface area contributed by atoms with Gasteiger partial charge in [-0.15, -0.1) is 0 Å². The number of H-pyrrole nitrogens is 1. The van der Waals surface area contributed by atoms with Crippen LogP contribution in [0.15, 0.2) is 83.9 Å². The fraction of sp³-hybridized carbons (Fsp3) is 0.0455. The Morgan fingerprint density at radius 2 is 1.56 bits per heavy atom. The van der Waals surface area contributed by atoms with Gasteiger partial charge in [0.25, 0.3) is 0 Å². The number of ether oxygens (including phenoxy) is 1. The molecular formula is C22H18N2O. The Morgan fingerprint density at radius 3 is 2.28 bits per heavy atom. The quantitative estimate of drug-likeness (QED) is 0.487. The maximum absolute atomic E-state index is 5.52. The van der Waals surface area contributed by atoms with Crippen molar-refractivity contribution in [1.29, 1.82) is 0 Å². The zero-order valence-electron chi connectivity index (χ0n) is 13.9. The second-order valence-electron chi connectivity index (χ2n) is 5.76. The average Bonchev–Trinajstić information content (AvgIpc) is 3.06. The molecular weight excluding hydrogens is 308 g/mol. The molecule has 0 aliphatic rings. The molecule has 0 atom stereocenters. The molecule has 3 heteroatoms. The number of aromatic amines is 1. The van der Waals surface area contributed by atoms with Crippen LogP contribution in [0.3, 0.4) is 0 Å². The van der Waals surface area contributed by atoms with Gasteiger partial charge in [0.15, 0.2) is 0 Å². The van der Waals surface area contributed by atoms with Crippen LogP contribution in [0.5, 0.6) is 5.75 Å². The van der Waals surface area contributed by atoms with E-state index in [2.05, 4.69) is 28.2 Å². The van der Waals surface area contributed by atoms with Crippen molar-refractivity contribution in [3.05, 3.63) is 84.4 Å². The van der Waals surface area contributed by atoms with E-state index in [1.54, 1.807) is 7.11 Å². The van der Waals surface area contributed by atoms with Gasteiger partial charge in [-0.25, -0.2) is 0 Å². The topological polar surface area (TPSA) is 37.4 Å². The summed E-state index contributed by atoms with van der Waals surface area (Å²) < 4.78 is 5.52. The number of hydrogen-bond donors (Lipinski definition) is 1. The summed E-state index contributed by atoms with van der Waals surface area (Å²) in [6.07, 6.45) is 1.93. The molecule has 0 fully saturated rings. The first-order chi connectivity index (χ1) is 12.4. The molecule has 3 aromatic carbocycles. The zero-order valence-corrected chi connectivity index (χ0v) is 13.9. The van der Waals surface area contributed by atoms with Crippen LogP contribution in [-0.4, -0.2) is 18.3 Å². The lowest BCUT2D eigenvalue weighted by Crippen LogP contribution is -1.85. The number of nitrogens with zero attached hydrogens (tertiary/aromatic N) is 1. The summed E-state index contributed by atoms with van der Waals surface area (Å²) in [6, 6.07) is 26.3. The molecule has 0 amide bonds. The number of benzene rings is 3. The van der Waals surface area contributed by atoms with E-state index in [1.807, 2.05) is 66.9 Å². The van der Waals surface area contributed by atoms with E-state index < -0.39 is 0 Å². The minimum Gasteiger partial charge on any atom is -0.495 e. The van der Waals surface area contributed by atoms with Crippen LogP contribution in [0.1, 0.15) is 5.56 Å². The minimum absolute atomic E-state index is 0.828. The van der Waals surface area contributed by atoms with Crippen LogP contribution < -0.4 is 4.74 Å². The van der Waals surface area contributed by atoms with Crippen molar-refractivity contribution < 1.29 is 4.74 Å². The van der Waals surface area contributed by atoms with Crippen LogP contribution in [0, 0.1) is 0 Å². The standard InChI is InChI=1S/C22H18N2O/c1-25-20-14-8-13-18-19(15-23-17-11-6-3-7-12-17)21(24-22(18)20)16-9-4-2-5-10-16/h2-15,24H,1H3. The number of para-hydroxylation sites is 2. The Bertz CT molecular complexity index is 1020. The molecule has 25 heavy (non-hydrogen) atoms. The van der Waals surface area contributed by atoms with Crippen LogP contribution in [0.25, 0.3) is 22.2 Å². The predicted octanol–water partition coefficient (Wildman–Crippen LogP) is 5.59.